The van der Waals surface area contributed by atoms with E-state index in [9.17, 15) is 4.79 Å². The van der Waals surface area contributed by atoms with Gasteiger partial charge in [0.2, 0.25) is 0 Å². The van der Waals surface area contributed by atoms with Gasteiger partial charge in [-0.25, -0.2) is 4.79 Å². The summed E-state index contributed by atoms with van der Waals surface area (Å²) in [6, 6.07) is 9.84. The summed E-state index contributed by atoms with van der Waals surface area (Å²) < 4.78 is 11.8. The molecule has 5 heteroatoms. The predicted molar refractivity (Wildman–Crippen MR) is 99.4 cm³/mol. The van der Waals surface area contributed by atoms with Gasteiger partial charge in [0.15, 0.2) is 0 Å². The number of ether oxygens (including phenoxy) is 2. The molecule has 25 heavy (non-hydrogen) atoms. The average Bonchev–Trinajstić information content (AvgIpc) is 2.57. The summed E-state index contributed by atoms with van der Waals surface area (Å²) in [6.45, 7) is 0.323. The number of benzene rings is 1. The van der Waals surface area contributed by atoms with E-state index in [4.69, 9.17) is 9.47 Å². The molecule has 1 amide bonds. The SMILES string of the molecule is CSCOC12CC3CC(CC(NC(=O)OCc4ccccc4)(C3)C1)C2. The van der Waals surface area contributed by atoms with Gasteiger partial charge in [0.1, 0.15) is 6.61 Å². The Morgan fingerprint density at radius 2 is 1.92 bits per heavy atom. The molecular weight excluding hydrogens is 334 g/mol. The molecule has 2 unspecified atom stereocenters. The van der Waals surface area contributed by atoms with Crippen molar-refractivity contribution < 1.29 is 14.3 Å². The lowest BCUT2D eigenvalue weighted by Crippen LogP contribution is -2.66. The monoisotopic (exact) mass is 361 g/mol. The van der Waals surface area contributed by atoms with E-state index in [1.165, 1.54) is 6.42 Å². The summed E-state index contributed by atoms with van der Waals surface area (Å²) in [6.07, 6.45) is 8.50. The van der Waals surface area contributed by atoms with Crippen molar-refractivity contribution in [2.75, 3.05) is 12.2 Å². The molecule has 0 spiro atoms. The normalized spacial score (nSPS) is 35.6. The van der Waals surface area contributed by atoms with Crippen molar-refractivity contribution in [3.8, 4) is 0 Å². The Labute approximate surface area is 154 Å². The highest BCUT2D eigenvalue weighted by molar-refractivity contribution is 7.98. The molecule has 4 aliphatic rings. The molecular formula is C20H27NO3S. The van der Waals surface area contributed by atoms with E-state index in [1.54, 1.807) is 11.8 Å². The van der Waals surface area contributed by atoms with Crippen LogP contribution < -0.4 is 5.32 Å². The number of hydrogen-bond acceptors (Lipinski definition) is 4. The van der Waals surface area contributed by atoms with Gasteiger partial charge in [-0.1, -0.05) is 30.3 Å². The zero-order valence-electron chi connectivity index (χ0n) is 14.8. The van der Waals surface area contributed by atoms with Crippen LogP contribution in [0, 0.1) is 11.8 Å². The minimum atomic E-state index is -0.286. The second kappa shape index (κ2) is 6.84. The first kappa shape index (κ1) is 17.2. The van der Waals surface area contributed by atoms with Gasteiger partial charge in [-0.3, -0.25) is 0 Å². The fraction of sp³-hybridized carbons (Fsp3) is 0.650. The van der Waals surface area contributed by atoms with Gasteiger partial charge in [-0.2, -0.15) is 0 Å². The quantitative estimate of drug-likeness (QED) is 0.766. The number of carbonyl (C=O) groups is 1. The van der Waals surface area contributed by atoms with Gasteiger partial charge < -0.3 is 14.8 Å². The minimum absolute atomic E-state index is 0.0280. The summed E-state index contributed by atoms with van der Waals surface area (Å²) in [4.78, 5) is 12.4. The molecule has 2 atom stereocenters. The molecule has 4 bridgehead atoms. The van der Waals surface area contributed by atoms with Crippen LogP contribution in [0.4, 0.5) is 4.79 Å². The molecule has 1 N–H and O–H groups in total. The van der Waals surface area contributed by atoms with Gasteiger partial charge in [0.25, 0.3) is 0 Å². The van der Waals surface area contributed by atoms with Gasteiger partial charge in [0, 0.05) is 5.54 Å². The molecule has 4 fully saturated rings. The molecule has 0 saturated heterocycles. The van der Waals surface area contributed by atoms with Crippen LogP contribution in [0.25, 0.3) is 0 Å². The highest BCUT2D eigenvalue weighted by Crippen LogP contribution is 2.59. The second-order valence-electron chi connectivity index (χ2n) is 8.16. The summed E-state index contributed by atoms with van der Waals surface area (Å²) in [5, 5.41) is 3.25. The third-order valence-corrected chi connectivity index (χ3v) is 6.42. The predicted octanol–water partition coefficient (Wildman–Crippen LogP) is 4.34. The third kappa shape index (κ3) is 3.68. The molecule has 136 valence electrons. The van der Waals surface area contributed by atoms with Crippen LogP contribution in [0.1, 0.15) is 44.1 Å². The maximum atomic E-state index is 12.4. The molecule has 0 aliphatic heterocycles. The van der Waals surface area contributed by atoms with Gasteiger partial charge in [-0.15, -0.1) is 11.8 Å². The molecule has 1 aromatic rings. The fourth-order valence-corrected chi connectivity index (χ4v) is 6.02. The lowest BCUT2D eigenvalue weighted by molar-refractivity contribution is -0.163. The Morgan fingerprint density at radius 3 is 2.60 bits per heavy atom. The lowest BCUT2D eigenvalue weighted by Gasteiger charge is -2.61. The van der Waals surface area contributed by atoms with Crippen molar-refractivity contribution in [2.24, 2.45) is 11.8 Å². The first-order chi connectivity index (χ1) is 12.1. The molecule has 4 nitrogen and oxygen atoms in total. The highest BCUT2D eigenvalue weighted by Gasteiger charge is 2.59. The van der Waals surface area contributed by atoms with Crippen LogP contribution >= 0.6 is 11.8 Å². The van der Waals surface area contributed by atoms with Crippen molar-refractivity contribution in [3.63, 3.8) is 0 Å². The van der Waals surface area contributed by atoms with Gasteiger partial charge in [-0.05, 0) is 62.2 Å². The van der Waals surface area contributed by atoms with Crippen molar-refractivity contribution >= 4 is 17.9 Å². The smallest absolute Gasteiger partial charge is 0.407 e. The minimum Gasteiger partial charge on any atom is -0.445 e. The molecule has 4 aliphatic carbocycles. The number of nitrogens with one attached hydrogen (secondary N) is 1. The Kier molecular flexibility index (Phi) is 4.71. The molecule has 0 radical (unpaired) electrons. The molecule has 0 aromatic heterocycles. The molecule has 0 heterocycles. The highest BCUT2D eigenvalue weighted by atomic mass is 32.2. The maximum Gasteiger partial charge on any atom is 0.407 e. The Bertz CT molecular complexity index is 607. The van der Waals surface area contributed by atoms with Crippen LogP contribution in [0.15, 0.2) is 30.3 Å². The number of rotatable bonds is 6. The van der Waals surface area contributed by atoms with Gasteiger partial charge >= 0.3 is 6.09 Å². The average molecular weight is 362 g/mol. The van der Waals surface area contributed by atoms with Crippen molar-refractivity contribution in [3.05, 3.63) is 35.9 Å². The summed E-state index contributed by atoms with van der Waals surface area (Å²) in [5.74, 6) is 2.10. The second-order valence-corrected chi connectivity index (χ2v) is 8.98. The fourth-order valence-electron chi connectivity index (χ4n) is 5.65. The van der Waals surface area contributed by atoms with Crippen LogP contribution in [0.5, 0.6) is 0 Å². The van der Waals surface area contributed by atoms with Crippen LogP contribution in [-0.4, -0.2) is 29.4 Å². The third-order valence-electron chi connectivity index (χ3n) is 6.07. The summed E-state index contributed by atoms with van der Waals surface area (Å²) >= 11 is 1.73. The number of carbonyl (C=O) groups excluding carboxylic acids is 1. The summed E-state index contributed by atoms with van der Waals surface area (Å²) in [5.41, 5.74) is 0.860. The van der Waals surface area contributed by atoms with Crippen molar-refractivity contribution in [1.29, 1.82) is 0 Å². The number of thioether (sulfide) groups is 1. The van der Waals surface area contributed by atoms with E-state index < -0.39 is 0 Å². The zero-order chi connectivity index (χ0) is 17.3. The van der Waals surface area contributed by atoms with E-state index in [0.717, 1.165) is 43.6 Å². The Balaban J connectivity index is 1.40. The largest absolute Gasteiger partial charge is 0.445 e. The van der Waals surface area contributed by atoms with E-state index >= 15 is 0 Å². The van der Waals surface area contributed by atoms with Crippen molar-refractivity contribution in [2.45, 2.75) is 56.3 Å². The Hall–Kier alpha value is -1.20. The standard InChI is InChI=1S/C20H27NO3S/c1-25-14-24-20-10-16-7-17(11-20)9-19(8-16,13-20)21-18(22)23-12-15-5-3-2-4-6-15/h2-6,16-17H,7-14H2,1H3,(H,21,22). The molecule has 1 aromatic carbocycles. The summed E-state index contributed by atoms with van der Waals surface area (Å²) in [7, 11) is 0. The first-order valence-corrected chi connectivity index (χ1v) is 10.6. The molecule has 5 rings (SSSR count). The zero-order valence-corrected chi connectivity index (χ0v) is 15.6. The van der Waals surface area contributed by atoms with E-state index in [1.807, 2.05) is 30.3 Å². The lowest BCUT2D eigenvalue weighted by atomic mass is 9.51. The van der Waals surface area contributed by atoms with Crippen LogP contribution in [0.2, 0.25) is 0 Å². The van der Waals surface area contributed by atoms with Crippen molar-refractivity contribution in [1.82, 2.24) is 5.32 Å². The number of alkyl carbamates (subject to hydrolysis) is 1. The molecule has 4 saturated carbocycles. The van der Waals surface area contributed by atoms with E-state index in [2.05, 4.69) is 11.6 Å². The topological polar surface area (TPSA) is 47.6 Å². The maximum absolute atomic E-state index is 12.4. The van der Waals surface area contributed by atoms with E-state index in [-0.39, 0.29) is 17.2 Å². The van der Waals surface area contributed by atoms with Crippen LogP contribution in [-0.2, 0) is 16.1 Å². The van der Waals surface area contributed by atoms with E-state index in [0.29, 0.717) is 18.4 Å². The van der Waals surface area contributed by atoms with Gasteiger partial charge in [0.05, 0.1) is 11.5 Å². The first-order valence-electron chi connectivity index (χ1n) is 9.22. The Morgan fingerprint density at radius 1 is 1.20 bits per heavy atom. The number of amides is 1. The van der Waals surface area contributed by atoms with Crippen LogP contribution in [0.3, 0.4) is 0 Å². The number of hydrogen-bond donors (Lipinski definition) is 1.